The van der Waals surface area contributed by atoms with Crippen molar-refractivity contribution in [3.05, 3.63) is 40.2 Å². The van der Waals surface area contributed by atoms with E-state index in [4.69, 9.17) is 4.74 Å². The van der Waals surface area contributed by atoms with Gasteiger partial charge in [0.05, 0.1) is 6.61 Å². The zero-order valence-corrected chi connectivity index (χ0v) is 11.3. The summed E-state index contributed by atoms with van der Waals surface area (Å²) in [4.78, 5) is 16.3. The summed E-state index contributed by atoms with van der Waals surface area (Å²) < 4.78 is 4.93. The van der Waals surface area contributed by atoms with Gasteiger partial charge in [-0.3, -0.25) is 25.3 Å². The first-order chi connectivity index (χ1) is 9.13. The normalized spacial score (nSPS) is 12.6. The minimum Gasteiger partial charge on any atom is -0.383 e. The van der Waals surface area contributed by atoms with Crippen LogP contribution < -0.4 is 5.32 Å². The molecule has 1 rings (SSSR count). The van der Waals surface area contributed by atoms with Crippen molar-refractivity contribution in [1.82, 2.24) is 15.2 Å². The predicted octanol–water partition coefficient (Wildman–Crippen LogP) is 0.352. The van der Waals surface area contributed by atoms with Crippen molar-refractivity contribution in [2.45, 2.75) is 12.7 Å². The Bertz CT molecular complexity index is 374. The monoisotopic (exact) mass is 268 g/mol. The number of rotatable bonds is 9. The topological polar surface area (TPSA) is 80.5 Å². The molecule has 0 aliphatic carbocycles. The van der Waals surface area contributed by atoms with Crippen LogP contribution in [0.3, 0.4) is 0 Å². The lowest BCUT2D eigenvalue weighted by Crippen LogP contribution is -2.48. The van der Waals surface area contributed by atoms with Gasteiger partial charge < -0.3 is 4.74 Å². The zero-order valence-electron chi connectivity index (χ0n) is 11.3. The van der Waals surface area contributed by atoms with Crippen LogP contribution >= 0.6 is 0 Å². The molecule has 7 heteroatoms. The summed E-state index contributed by atoms with van der Waals surface area (Å²) in [5, 5.41) is 13.8. The SMILES string of the molecule is COCCNC(C[N+](=O)[O-])N(C)Cc1cccnc1. The van der Waals surface area contributed by atoms with Crippen molar-refractivity contribution in [1.29, 1.82) is 0 Å². The molecule has 0 aliphatic rings. The predicted molar refractivity (Wildman–Crippen MR) is 71.2 cm³/mol. The molecule has 0 amide bonds. The number of nitrogens with zero attached hydrogens (tertiary/aromatic N) is 3. The molecule has 1 unspecified atom stereocenters. The number of hydrogen-bond acceptors (Lipinski definition) is 6. The Hall–Kier alpha value is -1.57. The van der Waals surface area contributed by atoms with E-state index in [1.807, 2.05) is 24.1 Å². The molecule has 1 aromatic heterocycles. The van der Waals surface area contributed by atoms with Gasteiger partial charge in [0, 0.05) is 37.5 Å². The summed E-state index contributed by atoms with van der Waals surface area (Å²) in [6.07, 6.45) is 3.13. The average molecular weight is 268 g/mol. The summed E-state index contributed by atoms with van der Waals surface area (Å²) in [6, 6.07) is 3.80. The van der Waals surface area contributed by atoms with Gasteiger partial charge in [0.1, 0.15) is 6.17 Å². The Kier molecular flexibility index (Phi) is 6.94. The molecular weight excluding hydrogens is 248 g/mol. The molecule has 0 aromatic carbocycles. The van der Waals surface area contributed by atoms with E-state index >= 15 is 0 Å². The van der Waals surface area contributed by atoms with Crippen LogP contribution in [0.1, 0.15) is 5.56 Å². The Labute approximate surface area is 112 Å². The fourth-order valence-electron chi connectivity index (χ4n) is 1.72. The first kappa shape index (κ1) is 15.5. The molecule has 1 N–H and O–H groups in total. The summed E-state index contributed by atoms with van der Waals surface area (Å²) in [5.74, 6) is 0. The van der Waals surface area contributed by atoms with Crippen molar-refractivity contribution in [3.8, 4) is 0 Å². The molecule has 0 saturated heterocycles. The van der Waals surface area contributed by atoms with E-state index in [0.717, 1.165) is 5.56 Å². The van der Waals surface area contributed by atoms with Crippen LogP contribution in [0.15, 0.2) is 24.5 Å². The standard InChI is InChI=1S/C12H20N4O3/c1-15(9-11-4-3-5-13-8-11)12(10-16(17)18)14-6-7-19-2/h3-5,8,12,14H,6-7,9-10H2,1-2H3. The van der Waals surface area contributed by atoms with Gasteiger partial charge in [-0.15, -0.1) is 0 Å². The third kappa shape index (κ3) is 6.23. The fraction of sp³-hybridized carbons (Fsp3) is 0.583. The number of nitro groups is 1. The number of aromatic nitrogens is 1. The van der Waals surface area contributed by atoms with Crippen molar-refractivity contribution in [2.24, 2.45) is 0 Å². The molecule has 0 fully saturated rings. The van der Waals surface area contributed by atoms with Crippen molar-refractivity contribution < 1.29 is 9.66 Å². The third-order valence-corrected chi connectivity index (χ3v) is 2.69. The van der Waals surface area contributed by atoms with E-state index in [1.165, 1.54) is 0 Å². The summed E-state index contributed by atoms with van der Waals surface area (Å²) in [7, 11) is 3.45. The molecule has 1 atom stereocenters. The van der Waals surface area contributed by atoms with Crippen LogP contribution in [0.4, 0.5) is 0 Å². The molecule has 19 heavy (non-hydrogen) atoms. The molecule has 106 valence electrons. The van der Waals surface area contributed by atoms with E-state index in [9.17, 15) is 10.1 Å². The number of ether oxygens (including phenoxy) is 1. The summed E-state index contributed by atoms with van der Waals surface area (Å²) in [6.45, 7) is 1.55. The fourth-order valence-corrected chi connectivity index (χ4v) is 1.72. The van der Waals surface area contributed by atoms with Gasteiger partial charge in [-0.05, 0) is 18.7 Å². The molecule has 0 spiro atoms. The second kappa shape index (κ2) is 8.52. The first-order valence-electron chi connectivity index (χ1n) is 6.06. The van der Waals surface area contributed by atoms with Gasteiger partial charge in [0.2, 0.25) is 6.54 Å². The Balaban J connectivity index is 2.54. The second-order valence-corrected chi connectivity index (χ2v) is 4.25. The highest BCUT2D eigenvalue weighted by atomic mass is 16.6. The second-order valence-electron chi connectivity index (χ2n) is 4.25. The van der Waals surface area contributed by atoms with E-state index < -0.39 is 0 Å². The number of pyridine rings is 1. The maximum absolute atomic E-state index is 10.7. The minimum atomic E-state index is -0.328. The van der Waals surface area contributed by atoms with Crippen molar-refractivity contribution >= 4 is 0 Å². The van der Waals surface area contributed by atoms with Gasteiger partial charge >= 0.3 is 0 Å². The van der Waals surface area contributed by atoms with Crippen LogP contribution in [-0.2, 0) is 11.3 Å². The van der Waals surface area contributed by atoms with E-state index in [1.54, 1.807) is 19.5 Å². The lowest BCUT2D eigenvalue weighted by Gasteiger charge is -2.25. The van der Waals surface area contributed by atoms with Gasteiger partial charge in [0.15, 0.2) is 0 Å². The average Bonchev–Trinajstić information content (AvgIpc) is 2.38. The van der Waals surface area contributed by atoms with Crippen LogP contribution in [0.25, 0.3) is 0 Å². The molecular formula is C12H20N4O3. The van der Waals surface area contributed by atoms with Gasteiger partial charge in [-0.25, -0.2) is 0 Å². The number of nitrogens with one attached hydrogen (secondary N) is 1. The molecule has 1 heterocycles. The Morgan fingerprint density at radius 1 is 1.63 bits per heavy atom. The first-order valence-corrected chi connectivity index (χ1v) is 6.06. The highest BCUT2D eigenvalue weighted by Crippen LogP contribution is 2.03. The van der Waals surface area contributed by atoms with Gasteiger partial charge in [-0.2, -0.15) is 0 Å². The molecule has 0 radical (unpaired) electrons. The molecule has 7 nitrogen and oxygen atoms in total. The smallest absolute Gasteiger partial charge is 0.232 e. The third-order valence-electron chi connectivity index (χ3n) is 2.69. The maximum atomic E-state index is 10.7. The van der Waals surface area contributed by atoms with Gasteiger partial charge in [0.25, 0.3) is 0 Å². The number of likely N-dealkylation sites (N-methyl/N-ethyl adjacent to an activating group) is 1. The van der Waals surface area contributed by atoms with Crippen molar-refractivity contribution in [2.75, 3.05) is 33.9 Å². The van der Waals surface area contributed by atoms with Crippen LogP contribution in [-0.4, -0.2) is 54.8 Å². The van der Waals surface area contributed by atoms with E-state index in [0.29, 0.717) is 19.7 Å². The quantitative estimate of drug-likeness (QED) is 0.301. The lowest BCUT2D eigenvalue weighted by molar-refractivity contribution is -0.488. The van der Waals surface area contributed by atoms with Crippen molar-refractivity contribution in [3.63, 3.8) is 0 Å². The molecule has 0 aliphatic heterocycles. The maximum Gasteiger partial charge on any atom is 0.232 e. The highest BCUT2D eigenvalue weighted by Gasteiger charge is 2.19. The van der Waals surface area contributed by atoms with E-state index in [-0.39, 0.29) is 17.6 Å². The molecule has 0 bridgehead atoms. The van der Waals surface area contributed by atoms with Crippen LogP contribution in [0.5, 0.6) is 0 Å². The molecule has 1 aromatic rings. The number of hydrogen-bond donors (Lipinski definition) is 1. The lowest BCUT2D eigenvalue weighted by atomic mass is 10.2. The zero-order chi connectivity index (χ0) is 14.1. The highest BCUT2D eigenvalue weighted by molar-refractivity contribution is 5.08. The number of methoxy groups -OCH3 is 1. The summed E-state index contributed by atoms with van der Waals surface area (Å²) in [5.41, 5.74) is 1.02. The van der Waals surface area contributed by atoms with Crippen LogP contribution in [0.2, 0.25) is 0 Å². The molecule has 0 saturated carbocycles. The largest absolute Gasteiger partial charge is 0.383 e. The Morgan fingerprint density at radius 2 is 2.42 bits per heavy atom. The minimum absolute atomic E-state index is 0.152. The summed E-state index contributed by atoms with van der Waals surface area (Å²) >= 11 is 0. The Morgan fingerprint density at radius 3 is 3.00 bits per heavy atom. The van der Waals surface area contributed by atoms with Crippen LogP contribution in [0, 0.1) is 10.1 Å². The van der Waals surface area contributed by atoms with E-state index in [2.05, 4.69) is 10.3 Å². The van der Waals surface area contributed by atoms with Gasteiger partial charge in [-0.1, -0.05) is 6.07 Å².